The van der Waals surface area contributed by atoms with E-state index in [1.807, 2.05) is 18.2 Å². The van der Waals surface area contributed by atoms with Crippen molar-refractivity contribution in [3.8, 4) is 0 Å². The lowest BCUT2D eigenvalue weighted by molar-refractivity contribution is -0.121. The van der Waals surface area contributed by atoms with Crippen molar-refractivity contribution in [3.05, 3.63) is 35.9 Å². The van der Waals surface area contributed by atoms with Gasteiger partial charge in [-0.1, -0.05) is 30.3 Å². The van der Waals surface area contributed by atoms with E-state index in [9.17, 15) is 9.59 Å². The first-order valence-electron chi connectivity index (χ1n) is 6.07. The van der Waals surface area contributed by atoms with Crippen LogP contribution in [0.25, 0.3) is 0 Å². The molecule has 0 aromatic heterocycles. The van der Waals surface area contributed by atoms with Crippen molar-refractivity contribution in [1.82, 2.24) is 5.32 Å². The number of aldehydes is 1. The largest absolute Gasteiger partial charge is 0.356 e. The summed E-state index contributed by atoms with van der Waals surface area (Å²) in [7, 11) is 0. The van der Waals surface area contributed by atoms with Crippen LogP contribution < -0.4 is 5.32 Å². The van der Waals surface area contributed by atoms with E-state index in [-0.39, 0.29) is 5.91 Å². The second kappa shape index (κ2) is 8.50. The highest BCUT2D eigenvalue weighted by atomic mass is 16.1. The maximum atomic E-state index is 11.3. The van der Waals surface area contributed by atoms with Crippen molar-refractivity contribution in [1.29, 1.82) is 0 Å². The molecule has 1 rings (SSSR count). The molecular weight excluding hydrogens is 214 g/mol. The minimum absolute atomic E-state index is 0.0416. The lowest BCUT2D eigenvalue weighted by Crippen LogP contribution is -2.24. The Morgan fingerprint density at radius 3 is 2.65 bits per heavy atom. The van der Waals surface area contributed by atoms with Crippen LogP contribution in [-0.4, -0.2) is 18.7 Å². The molecule has 0 unspecified atom stereocenters. The number of benzene rings is 1. The fourth-order valence-electron chi connectivity index (χ4n) is 1.60. The first kappa shape index (κ1) is 13.4. The molecule has 1 aromatic carbocycles. The fraction of sp³-hybridized carbons (Fsp3) is 0.429. The number of rotatable bonds is 8. The summed E-state index contributed by atoms with van der Waals surface area (Å²) in [6.07, 6.45) is 4.34. The van der Waals surface area contributed by atoms with Crippen LogP contribution in [0.3, 0.4) is 0 Å². The molecule has 0 aliphatic carbocycles. The lowest BCUT2D eigenvalue weighted by Gasteiger charge is -2.04. The monoisotopic (exact) mass is 233 g/mol. The van der Waals surface area contributed by atoms with Crippen LogP contribution in [0.4, 0.5) is 0 Å². The first-order valence-corrected chi connectivity index (χ1v) is 6.07. The van der Waals surface area contributed by atoms with E-state index in [1.54, 1.807) is 0 Å². The Morgan fingerprint density at radius 2 is 1.94 bits per heavy atom. The third kappa shape index (κ3) is 6.51. The molecule has 3 heteroatoms. The van der Waals surface area contributed by atoms with Crippen molar-refractivity contribution in [3.63, 3.8) is 0 Å². The topological polar surface area (TPSA) is 46.2 Å². The normalized spacial score (nSPS) is 9.88. The average Bonchev–Trinajstić information content (AvgIpc) is 2.36. The van der Waals surface area contributed by atoms with Crippen molar-refractivity contribution in [2.45, 2.75) is 32.1 Å². The van der Waals surface area contributed by atoms with Gasteiger partial charge in [-0.15, -0.1) is 0 Å². The Bertz CT molecular complexity index is 335. The van der Waals surface area contributed by atoms with Crippen molar-refractivity contribution < 1.29 is 9.59 Å². The van der Waals surface area contributed by atoms with Crippen LogP contribution in [0.2, 0.25) is 0 Å². The SMILES string of the molecule is O=CCCCC(=O)NCCCc1ccccc1. The van der Waals surface area contributed by atoms with Gasteiger partial charge in [0.1, 0.15) is 6.29 Å². The quantitative estimate of drug-likeness (QED) is 0.552. The molecule has 0 fully saturated rings. The van der Waals surface area contributed by atoms with E-state index >= 15 is 0 Å². The van der Waals surface area contributed by atoms with Gasteiger partial charge in [0.05, 0.1) is 0 Å². The van der Waals surface area contributed by atoms with Gasteiger partial charge in [-0.25, -0.2) is 0 Å². The fourth-order valence-corrected chi connectivity index (χ4v) is 1.60. The van der Waals surface area contributed by atoms with Gasteiger partial charge in [0, 0.05) is 19.4 Å². The number of amides is 1. The predicted octanol–water partition coefficient (Wildman–Crippen LogP) is 2.10. The Balaban J connectivity index is 2.04. The highest BCUT2D eigenvalue weighted by Gasteiger charge is 1.99. The van der Waals surface area contributed by atoms with Crippen molar-refractivity contribution in [2.75, 3.05) is 6.54 Å². The molecule has 0 atom stereocenters. The van der Waals surface area contributed by atoms with Crippen LogP contribution in [0, 0.1) is 0 Å². The molecule has 0 radical (unpaired) electrons. The number of aryl methyl sites for hydroxylation is 1. The number of nitrogens with one attached hydrogen (secondary N) is 1. The third-order valence-electron chi connectivity index (χ3n) is 2.53. The van der Waals surface area contributed by atoms with E-state index in [2.05, 4.69) is 17.4 Å². The summed E-state index contributed by atoms with van der Waals surface area (Å²) in [6, 6.07) is 10.2. The number of carbonyl (C=O) groups is 2. The smallest absolute Gasteiger partial charge is 0.220 e. The van der Waals surface area contributed by atoms with Gasteiger partial charge in [-0.2, -0.15) is 0 Å². The molecule has 0 aliphatic rings. The summed E-state index contributed by atoms with van der Waals surface area (Å²) in [5.41, 5.74) is 1.29. The maximum absolute atomic E-state index is 11.3. The van der Waals surface area contributed by atoms with Crippen molar-refractivity contribution >= 4 is 12.2 Å². The van der Waals surface area contributed by atoms with Crippen LogP contribution in [0.5, 0.6) is 0 Å². The van der Waals surface area contributed by atoms with E-state index in [4.69, 9.17) is 0 Å². The molecule has 0 spiro atoms. The van der Waals surface area contributed by atoms with Crippen LogP contribution in [0.1, 0.15) is 31.2 Å². The van der Waals surface area contributed by atoms with Crippen LogP contribution in [0.15, 0.2) is 30.3 Å². The zero-order valence-electron chi connectivity index (χ0n) is 10.0. The summed E-state index contributed by atoms with van der Waals surface area (Å²) in [5.74, 6) is 0.0416. The summed E-state index contributed by atoms with van der Waals surface area (Å²) < 4.78 is 0. The maximum Gasteiger partial charge on any atom is 0.220 e. The van der Waals surface area contributed by atoms with Gasteiger partial charge in [0.15, 0.2) is 0 Å². The lowest BCUT2D eigenvalue weighted by atomic mass is 10.1. The Morgan fingerprint density at radius 1 is 1.18 bits per heavy atom. The molecule has 1 aromatic rings. The molecule has 3 nitrogen and oxygen atoms in total. The number of hydrogen-bond acceptors (Lipinski definition) is 2. The zero-order valence-corrected chi connectivity index (χ0v) is 10.0. The molecule has 0 heterocycles. The minimum atomic E-state index is 0.0416. The van der Waals surface area contributed by atoms with Crippen LogP contribution >= 0.6 is 0 Å². The van der Waals surface area contributed by atoms with Crippen LogP contribution in [-0.2, 0) is 16.0 Å². The highest BCUT2D eigenvalue weighted by molar-refractivity contribution is 5.76. The molecule has 0 aliphatic heterocycles. The molecule has 17 heavy (non-hydrogen) atoms. The summed E-state index contributed by atoms with van der Waals surface area (Å²) in [4.78, 5) is 21.4. The summed E-state index contributed by atoms with van der Waals surface area (Å²) >= 11 is 0. The molecule has 0 saturated carbocycles. The van der Waals surface area contributed by atoms with Gasteiger partial charge in [-0.05, 0) is 24.8 Å². The molecular formula is C14H19NO2. The van der Waals surface area contributed by atoms with Gasteiger partial charge in [0.2, 0.25) is 5.91 Å². The van der Waals surface area contributed by atoms with Crippen molar-refractivity contribution in [2.24, 2.45) is 0 Å². The second-order valence-electron chi connectivity index (χ2n) is 4.00. The Hall–Kier alpha value is -1.64. The van der Waals surface area contributed by atoms with E-state index in [1.165, 1.54) is 5.56 Å². The van der Waals surface area contributed by atoms with E-state index in [0.717, 1.165) is 19.1 Å². The molecule has 1 amide bonds. The Kier molecular flexibility index (Phi) is 6.72. The van der Waals surface area contributed by atoms with Gasteiger partial charge in [-0.3, -0.25) is 4.79 Å². The standard InChI is InChI=1S/C14H19NO2/c16-12-5-4-10-14(17)15-11-6-9-13-7-2-1-3-8-13/h1-3,7-8,12H,4-6,9-11H2,(H,15,17). The van der Waals surface area contributed by atoms with Gasteiger partial charge in [0.25, 0.3) is 0 Å². The Labute approximate surface area is 102 Å². The molecule has 92 valence electrons. The average molecular weight is 233 g/mol. The highest BCUT2D eigenvalue weighted by Crippen LogP contribution is 2.01. The zero-order chi connectivity index (χ0) is 12.3. The number of unbranched alkanes of at least 4 members (excludes halogenated alkanes) is 1. The molecule has 1 N–H and O–H groups in total. The van der Waals surface area contributed by atoms with E-state index in [0.29, 0.717) is 25.8 Å². The number of hydrogen-bond donors (Lipinski definition) is 1. The summed E-state index contributed by atoms with van der Waals surface area (Å²) in [5, 5.41) is 2.86. The first-order chi connectivity index (χ1) is 8.33. The van der Waals surface area contributed by atoms with Gasteiger partial charge < -0.3 is 10.1 Å². The van der Waals surface area contributed by atoms with Gasteiger partial charge >= 0.3 is 0 Å². The van der Waals surface area contributed by atoms with E-state index < -0.39 is 0 Å². The third-order valence-corrected chi connectivity index (χ3v) is 2.53. The minimum Gasteiger partial charge on any atom is -0.356 e. The molecule has 0 saturated heterocycles. The second-order valence-corrected chi connectivity index (χ2v) is 4.00. The molecule has 0 bridgehead atoms. The number of carbonyl (C=O) groups excluding carboxylic acids is 2. The summed E-state index contributed by atoms with van der Waals surface area (Å²) in [6.45, 7) is 0.703. The predicted molar refractivity (Wildman–Crippen MR) is 67.7 cm³/mol.